The van der Waals surface area contributed by atoms with E-state index in [1.807, 2.05) is 24.3 Å². The molecule has 5 nitrogen and oxygen atoms in total. The van der Waals surface area contributed by atoms with Crippen molar-refractivity contribution >= 4 is 11.0 Å². The zero-order chi connectivity index (χ0) is 13.9. The summed E-state index contributed by atoms with van der Waals surface area (Å²) in [5.41, 5.74) is 1.81. The quantitative estimate of drug-likeness (QED) is 0.775. The summed E-state index contributed by atoms with van der Waals surface area (Å²) in [6.07, 6.45) is 3.30. The van der Waals surface area contributed by atoms with Gasteiger partial charge in [-0.1, -0.05) is 0 Å². The highest BCUT2D eigenvalue weighted by Crippen LogP contribution is 2.31. The topological polar surface area (TPSA) is 60.3 Å². The first-order valence-electron chi connectivity index (χ1n) is 6.43. The van der Waals surface area contributed by atoms with Crippen LogP contribution in [0.2, 0.25) is 0 Å². The van der Waals surface area contributed by atoms with E-state index in [0.717, 1.165) is 35.5 Å². The van der Waals surface area contributed by atoms with Crippen LogP contribution in [-0.4, -0.2) is 24.2 Å². The van der Waals surface area contributed by atoms with Crippen molar-refractivity contribution in [2.75, 3.05) is 14.2 Å². The molecule has 3 aromatic rings. The van der Waals surface area contributed by atoms with Gasteiger partial charge in [0.1, 0.15) is 11.6 Å². The van der Waals surface area contributed by atoms with Gasteiger partial charge in [0.25, 0.3) is 0 Å². The Kier molecular flexibility index (Phi) is 3.33. The predicted octanol–water partition coefficient (Wildman–Crippen LogP) is 2.96. The van der Waals surface area contributed by atoms with Crippen LogP contribution in [0.25, 0.3) is 11.0 Å². The second-order valence-electron chi connectivity index (χ2n) is 4.49. The lowest BCUT2D eigenvalue weighted by molar-refractivity contribution is 0.356. The van der Waals surface area contributed by atoms with Crippen molar-refractivity contribution in [3.63, 3.8) is 0 Å². The van der Waals surface area contributed by atoms with Gasteiger partial charge in [0.05, 0.1) is 31.5 Å². The summed E-state index contributed by atoms with van der Waals surface area (Å²) < 4.78 is 15.9. The van der Waals surface area contributed by atoms with E-state index in [1.54, 1.807) is 20.5 Å². The number of rotatable bonds is 5. The van der Waals surface area contributed by atoms with Crippen molar-refractivity contribution in [1.29, 1.82) is 0 Å². The highest BCUT2D eigenvalue weighted by Gasteiger charge is 2.10. The molecule has 0 bridgehead atoms. The number of hydrogen-bond donors (Lipinski definition) is 1. The Bertz CT molecular complexity index is 660. The Morgan fingerprint density at radius 2 is 1.95 bits per heavy atom. The molecule has 0 radical (unpaired) electrons. The SMILES string of the molecule is COc1cc2nc(CCc3ccco3)[nH]c2cc1OC. The van der Waals surface area contributed by atoms with Crippen LogP contribution in [0.15, 0.2) is 34.9 Å². The van der Waals surface area contributed by atoms with Crippen molar-refractivity contribution in [3.8, 4) is 11.5 Å². The molecular formula is C15H16N2O3. The van der Waals surface area contributed by atoms with Crippen LogP contribution >= 0.6 is 0 Å². The van der Waals surface area contributed by atoms with Crippen LogP contribution in [0.3, 0.4) is 0 Å². The second kappa shape index (κ2) is 5.28. The number of ether oxygens (including phenoxy) is 2. The fourth-order valence-corrected chi connectivity index (χ4v) is 2.20. The molecule has 0 saturated carbocycles. The molecule has 0 amide bonds. The molecule has 0 saturated heterocycles. The van der Waals surface area contributed by atoms with E-state index >= 15 is 0 Å². The first kappa shape index (κ1) is 12.6. The zero-order valence-electron chi connectivity index (χ0n) is 11.5. The number of fused-ring (bicyclic) bond motifs is 1. The summed E-state index contributed by atoms with van der Waals surface area (Å²) in [7, 11) is 3.24. The lowest BCUT2D eigenvalue weighted by Crippen LogP contribution is -1.91. The summed E-state index contributed by atoms with van der Waals surface area (Å²) in [4.78, 5) is 7.86. The Balaban J connectivity index is 1.86. The molecule has 2 heterocycles. The minimum Gasteiger partial charge on any atom is -0.493 e. The van der Waals surface area contributed by atoms with Crippen LogP contribution in [0, 0.1) is 0 Å². The molecular weight excluding hydrogens is 256 g/mol. The van der Waals surface area contributed by atoms with E-state index in [9.17, 15) is 0 Å². The molecule has 104 valence electrons. The lowest BCUT2D eigenvalue weighted by atomic mass is 10.2. The summed E-state index contributed by atoms with van der Waals surface area (Å²) in [5.74, 6) is 3.26. The van der Waals surface area contributed by atoms with Crippen LogP contribution in [0.1, 0.15) is 11.6 Å². The van der Waals surface area contributed by atoms with E-state index in [1.165, 1.54) is 0 Å². The number of imidazole rings is 1. The summed E-state index contributed by atoms with van der Waals surface area (Å²) >= 11 is 0. The average molecular weight is 272 g/mol. The molecule has 1 aromatic carbocycles. The maximum Gasteiger partial charge on any atom is 0.163 e. The third kappa shape index (κ3) is 2.34. The van der Waals surface area contributed by atoms with Crippen LogP contribution < -0.4 is 9.47 Å². The number of benzene rings is 1. The Morgan fingerprint density at radius 3 is 2.65 bits per heavy atom. The number of aromatic amines is 1. The minimum atomic E-state index is 0.684. The summed E-state index contributed by atoms with van der Waals surface area (Å²) in [6.45, 7) is 0. The van der Waals surface area contributed by atoms with Gasteiger partial charge in [-0.25, -0.2) is 4.98 Å². The Morgan fingerprint density at radius 1 is 1.15 bits per heavy atom. The summed E-state index contributed by atoms with van der Waals surface area (Å²) in [5, 5.41) is 0. The Hall–Kier alpha value is -2.43. The molecule has 2 aromatic heterocycles. The van der Waals surface area contributed by atoms with E-state index in [4.69, 9.17) is 13.9 Å². The van der Waals surface area contributed by atoms with Gasteiger partial charge in [-0.05, 0) is 12.1 Å². The number of aromatic nitrogens is 2. The highest BCUT2D eigenvalue weighted by molar-refractivity contribution is 5.79. The number of nitrogens with zero attached hydrogens (tertiary/aromatic N) is 1. The lowest BCUT2D eigenvalue weighted by Gasteiger charge is -2.06. The molecule has 0 unspecified atom stereocenters. The van der Waals surface area contributed by atoms with Gasteiger partial charge in [0.15, 0.2) is 11.5 Å². The van der Waals surface area contributed by atoms with Crippen molar-refractivity contribution in [2.45, 2.75) is 12.8 Å². The molecule has 0 fully saturated rings. The standard InChI is InChI=1S/C15H16N2O3/c1-18-13-8-11-12(9-14(13)19-2)17-15(16-11)6-5-10-4-3-7-20-10/h3-4,7-9H,5-6H2,1-2H3,(H,16,17). The maximum atomic E-state index is 5.32. The van der Waals surface area contributed by atoms with Crippen molar-refractivity contribution in [3.05, 3.63) is 42.1 Å². The molecule has 1 N–H and O–H groups in total. The monoisotopic (exact) mass is 272 g/mol. The van der Waals surface area contributed by atoms with Gasteiger partial charge in [0.2, 0.25) is 0 Å². The molecule has 5 heteroatoms. The van der Waals surface area contributed by atoms with Crippen molar-refractivity contribution in [2.24, 2.45) is 0 Å². The highest BCUT2D eigenvalue weighted by atomic mass is 16.5. The van der Waals surface area contributed by atoms with Gasteiger partial charge < -0.3 is 18.9 Å². The number of H-pyrrole nitrogens is 1. The van der Waals surface area contributed by atoms with Gasteiger partial charge >= 0.3 is 0 Å². The largest absolute Gasteiger partial charge is 0.493 e. The van der Waals surface area contributed by atoms with Gasteiger partial charge in [0, 0.05) is 25.0 Å². The predicted molar refractivity (Wildman–Crippen MR) is 75.3 cm³/mol. The second-order valence-corrected chi connectivity index (χ2v) is 4.49. The van der Waals surface area contributed by atoms with Crippen LogP contribution in [0.4, 0.5) is 0 Å². The van der Waals surface area contributed by atoms with E-state index in [0.29, 0.717) is 11.5 Å². The molecule has 0 aliphatic rings. The van der Waals surface area contributed by atoms with Gasteiger partial charge in [-0.3, -0.25) is 0 Å². The van der Waals surface area contributed by atoms with Crippen LogP contribution in [-0.2, 0) is 12.8 Å². The number of methoxy groups -OCH3 is 2. The third-order valence-electron chi connectivity index (χ3n) is 3.22. The molecule has 3 rings (SSSR count). The van der Waals surface area contributed by atoms with Crippen molar-refractivity contribution < 1.29 is 13.9 Å². The fraction of sp³-hybridized carbons (Fsp3) is 0.267. The van der Waals surface area contributed by atoms with Gasteiger partial charge in [-0.2, -0.15) is 0 Å². The number of aryl methyl sites for hydroxylation is 2. The van der Waals surface area contributed by atoms with Gasteiger partial charge in [-0.15, -0.1) is 0 Å². The molecule has 0 atom stereocenters. The minimum absolute atomic E-state index is 0.684. The first-order chi connectivity index (χ1) is 9.80. The smallest absolute Gasteiger partial charge is 0.163 e. The third-order valence-corrected chi connectivity index (χ3v) is 3.22. The maximum absolute atomic E-state index is 5.32. The van der Waals surface area contributed by atoms with E-state index < -0.39 is 0 Å². The number of hydrogen-bond acceptors (Lipinski definition) is 4. The molecule has 0 aliphatic carbocycles. The molecule has 0 spiro atoms. The zero-order valence-corrected chi connectivity index (χ0v) is 11.5. The fourth-order valence-electron chi connectivity index (χ4n) is 2.20. The van der Waals surface area contributed by atoms with Crippen LogP contribution in [0.5, 0.6) is 11.5 Å². The average Bonchev–Trinajstić information content (AvgIpc) is 3.11. The van der Waals surface area contributed by atoms with E-state index in [2.05, 4.69) is 9.97 Å². The number of furan rings is 1. The van der Waals surface area contributed by atoms with E-state index in [-0.39, 0.29) is 0 Å². The first-order valence-corrected chi connectivity index (χ1v) is 6.43. The van der Waals surface area contributed by atoms with Crippen molar-refractivity contribution in [1.82, 2.24) is 9.97 Å². The molecule has 0 aliphatic heterocycles. The normalized spacial score (nSPS) is 10.9. The summed E-state index contributed by atoms with van der Waals surface area (Å²) in [6, 6.07) is 7.64. The Labute approximate surface area is 116 Å². The number of nitrogens with one attached hydrogen (secondary N) is 1. The molecule has 20 heavy (non-hydrogen) atoms.